The molecule has 0 amide bonds. The molecule has 1 aromatic heterocycles. The minimum absolute atomic E-state index is 0.0935. The number of nitrogens with zero attached hydrogens (tertiary/aromatic N) is 2. The average molecular weight is 325 g/mol. The second kappa shape index (κ2) is 5.81. The minimum Gasteiger partial charge on any atom is -0.323 e. The lowest BCUT2D eigenvalue weighted by Crippen LogP contribution is -2.18. The van der Waals surface area contributed by atoms with Crippen LogP contribution in [-0.4, -0.2) is 9.55 Å². The van der Waals surface area contributed by atoms with Crippen LogP contribution in [-0.2, 0) is 0 Å². The zero-order chi connectivity index (χ0) is 15.1. The standard InChI is InChI=1S/C17H22Cl2N2/c1-4-12-5-8-15(10(12)2)21-16-9-13(19)6-7-14(16)20-17(21)11(3)18/h6-7,9-12,15H,4-5,8H2,1-3H3. The Hall–Kier alpha value is -0.730. The zero-order valence-corrected chi connectivity index (χ0v) is 14.3. The molecule has 1 aromatic carbocycles. The lowest BCUT2D eigenvalue weighted by Gasteiger charge is -2.24. The summed E-state index contributed by atoms with van der Waals surface area (Å²) >= 11 is 12.6. The summed E-state index contributed by atoms with van der Waals surface area (Å²) < 4.78 is 2.36. The molecule has 1 aliphatic carbocycles. The first-order chi connectivity index (χ1) is 10.0. The molecule has 1 aliphatic rings. The summed E-state index contributed by atoms with van der Waals surface area (Å²) in [6, 6.07) is 6.40. The van der Waals surface area contributed by atoms with E-state index >= 15 is 0 Å². The fraction of sp³-hybridized carbons (Fsp3) is 0.588. The monoisotopic (exact) mass is 324 g/mol. The van der Waals surface area contributed by atoms with Crippen LogP contribution in [0.1, 0.15) is 57.3 Å². The molecule has 4 heteroatoms. The molecule has 21 heavy (non-hydrogen) atoms. The van der Waals surface area contributed by atoms with Gasteiger partial charge < -0.3 is 4.57 Å². The van der Waals surface area contributed by atoms with Crippen molar-refractivity contribution in [2.75, 3.05) is 0 Å². The number of aromatic nitrogens is 2. The smallest absolute Gasteiger partial charge is 0.127 e. The Morgan fingerprint density at radius 2 is 2.14 bits per heavy atom. The number of alkyl halides is 1. The van der Waals surface area contributed by atoms with E-state index in [9.17, 15) is 0 Å². The molecule has 2 nitrogen and oxygen atoms in total. The maximum Gasteiger partial charge on any atom is 0.127 e. The van der Waals surface area contributed by atoms with Crippen molar-refractivity contribution >= 4 is 34.2 Å². The van der Waals surface area contributed by atoms with Gasteiger partial charge in [0.05, 0.1) is 16.4 Å². The average Bonchev–Trinajstić information content (AvgIpc) is 2.98. The van der Waals surface area contributed by atoms with Crippen LogP contribution in [0.2, 0.25) is 5.02 Å². The van der Waals surface area contributed by atoms with Crippen molar-refractivity contribution in [1.82, 2.24) is 9.55 Å². The van der Waals surface area contributed by atoms with E-state index in [2.05, 4.69) is 18.4 Å². The molecule has 4 unspecified atom stereocenters. The molecule has 0 N–H and O–H groups in total. The molecule has 3 rings (SSSR count). The van der Waals surface area contributed by atoms with Crippen molar-refractivity contribution in [3.63, 3.8) is 0 Å². The summed E-state index contributed by atoms with van der Waals surface area (Å²) in [7, 11) is 0. The number of rotatable bonds is 3. The molecule has 1 fully saturated rings. The molecule has 0 spiro atoms. The second-order valence-corrected chi connectivity index (χ2v) is 7.35. The van der Waals surface area contributed by atoms with Gasteiger partial charge in [0.1, 0.15) is 5.82 Å². The summed E-state index contributed by atoms with van der Waals surface area (Å²) in [5.41, 5.74) is 2.12. The van der Waals surface area contributed by atoms with E-state index in [1.54, 1.807) is 0 Å². The third-order valence-corrected chi connectivity index (χ3v) is 5.50. The van der Waals surface area contributed by atoms with E-state index in [1.807, 2.05) is 25.1 Å². The minimum atomic E-state index is -0.0935. The normalized spacial score (nSPS) is 27.4. The van der Waals surface area contributed by atoms with Gasteiger partial charge in [0.25, 0.3) is 0 Å². The van der Waals surface area contributed by atoms with Gasteiger partial charge in [-0.05, 0) is 49.8 Å². The van der Waals surface area contributed by atoms with Gasteiger partial charge in [-0.3, -0.25) is 0 Å². The Balaban J connectivity index is 2.15. The number of halogens is 2. The lowest BCUT2D eigenvalue weighted by molar-refractivity contribution is 0.329. The van der Waals surface area contributed by atoms with Gasteiger partial charge in [-0.2, -0.15) is 0 Å². The quantitative estimate of drug-likeness (QED) is 0.634. The maximum absolute atomic E-state index is 6.40. The first-order valence-electron chi connectivity index (χ1n) is 7.84. The Bertz CT molecular complexity index is 648. The van der Waals surface area contributed by atoms with E-state index < -0.39 is 0 Å². The molecule has 4 atom stereocenters. The van der Waals surface area contributed by atoms with Crippen molar-refractivity contribution in [1.29, 1.82) is 0 Å². The van der Waals surface area contributed by atoms with Gasteiger partial charge in [-0.25, -0.2) is 4.98 Å². The maximum atomic E-state index is 6.40. The summed E-state index contributed by atoms with van der Waals surface area (Å²) in [4.78, 5) is 4.76. The Morgan fingerprint density at radius 3 is 2.76 bits per heavy atom. The first-order valence-corrected chi connectivity index (χ1v) is 8.65. The largest absolute Gasteiger partial charge is 0.323 e. The van der Waals surface area contributed by atoms with Crippen LogP contribution in [0.3, 0.4) is 0 Å². The third kappa shape index (κ3) is 2.57. The van der Waals surface area contributed by atoms with Crippen LogP contribution in [0.4, 0.5) is 0 Å². The molecule has 114 valence electrons. The topological polar surface area (TPSA) is 17.8 Å². The van der Waals surface area contributed by atoms with Crippen LogP contribution in [0.15, 0.2) is 18.2 Å². The molecule has 1 saturated carbocycles. The Kier molecular flexibility index (Phi) is 4.20. The van der Waals surface area contributed by atoms with Gasteiger partial charge >= 0.3 is 0 Å². The highest BCUT2D eigenvalue weighted by atomic mass is 35.5. The van der Waals surface area contributed by atoms with Crippen molar-refractivity contribution in [2.45, 2.75) is 51.5 Å². The molecule has 0 aliphatic heterocycles. The van der Waals surface area contributed by atoms with Gasteiger partial charge in [-0.1, -0.05) is 31.9 Å². The fourth-order valence-electron chi connectivity index (χ4n) is 3.88. The van der Waals surface area contributed by atoms with Crippen LogP contribution in [0.5, 0.6) is 0 Å². The van der Waals surface area contributed by atoms with Crippen molar-refractivity contribution in [2.24, 2.45) is 11.8 Å². The van der Waals surface area contributed by atoms with E-state index in [1.165, 1.54) is 19.3 Å². The predicted octanol–water partition coefficient (Wildman–Crippen LogP) is 5.99. The van der Waals surface area contributed by atoms with Crippen LogP contribution in [0, 0.1) is 11.8 Å². The molecule has 2 aromatic rings. The number of hydrogen-bond donors (Lipinski definition) is 0. The highest BCUT2D eigenvalue weighted by Crippen LogP contribution is 2.44. The van der Waals surface area contributed by atoms with Gasteiger partial charge in [0.15, 0.2) is 0 Å². The zero-order valence-electron chi connectivity index (χ0n) is 12.8. The van der Waals surface area contributed by atoms with Crippen LogP contribution in [0.25, 0.3) is 11.0 Å². The molecule has 1 heterocycles. The molecular formula is C17H22Cl2N2. The van der Waals surface area contributed by atoms with Gasteiger partial charge in [0, 0.05) is 11.1 Å². The first kappa shape index (κ1) is 15.2. The highest BCUT2D eigenvalue weighted by Gasteiger charge is 2.35. The molecule has 0 radical (unpaired) electrons. The summed E-state index contributed by atoms with van der Waals surface area (Å²) in [5, 5.41) is 0.666. The van der Waals surface area contributed by atoms with E-state index in [0.29, 0.717) is 12.0 Å². The van der Waals surface area contributed by atoms with Crippen molar-refractivity contribution < 1.29 is 0 Å². The lowest BCUT2D eigenvalue weighted by atomic mass is 9.93. The molecular weight excluding hydrogens is 303 g/mol. The van der Waals surface area contributed by atoms with Crippen molar-refractivity contribution in [3.8, 4) is 0 Å². The van der Waals surface area contributed by atoms with E-state index in [-0.39, 0.29) is 5.38 Å². The Labute approximate surface area is 136 Å². The predicted molar refractivity (Wildman–Crippen MR) is 90.2 cm³/mol. The number of imidazole rings is 1. The molecule has 0 bridgehead atoms. The summed E-state index contributed by atoms with van der Waals surface area (Å²) in [6.45, 7) is 6.65. The van der Waals surface area contributed by atoms with Gasteiger partial charge in [-0.15, -0.1) is 11.6 Å². The van der Waals surface area contributed by atoms with E-state index in [0.717, 1.165) is 27.8 Å². The fourth-order valence-corrected chi connectivity index (χ4v) is 4.20. The number of fused-ring (bicyclic) bond motifs is 1. The van der Waals surface area contributed by atoms with Crippen LogP contribution >= 0.6 is 23.2 Å². The summed E-state index contributed by atoms with van der Waals surface area (Å²) in [6.07, 6.45) is 3.74. The third-order valence-electron chi connectivity index (χ3n) is 5.07. The summed E-state index contributed by atoms with van der Waals surface area (Å²) in [5.74, 6) is 2.42. The number of benzene rings is 1. The van der Waals surface area contributed by atoms with Gasteiger partial charge in [0.2, 0.25) is 0 Å². The number of hydrogen-bond acceptors (Lipinski definition) is 1. The second-order valence-electron chi connectivity index (χ2n) is 6.26. The van der Waals surface area contributed by atoms with Crippen LogP contribution < -0.4 is 0 Å². The Morgan fingerprint density at radius 1 is 1.38 bits per heavy atom. The molecule has 0 saturated heterocycles. The van der Waals surface area contributed by atoms with E-state index in [4.69, 9.17) is 28.2 Å². The SMILES string of the molecule is CCC1CCC(n2c(C(C)Cl)nc3ccc(Cl)cc32)C1C. The van der Waals surface area contributed by atoms with Crippen molar-refractivity contribution in [3.05, 3.63) is 29.0 Å². The highest BCUT2D eigenvalue weighted by molar-refractivity contribution is 6.31.